The van der Waals surface area contributed by atoms with Crippen molar-refractivity contribution in [3.63, 3.8) is 0 Å². The van der Waals surface area contributed by atoms with Gasteiger partial charge in [0.15, 0.2) is 0 Å². The highest BCUT2D eigenvalue weighted by Crippen LogP contribution is 2.09. The molecule has 1 aromatic rings. The molecule has 4 nitrogen and oxygen atoms in total. The van der Waals surface area contributed by atoms with Crippen LogP contribution in [0.15, 0.2) is 23.0 Å². The Labute approximate surface area is 121 Å². The van der Waals surface area contributed by atoms with Crippen LogP contribution in [0.25, 0.3) is 0 Å². The number of rotatable bonds is 7. The summed E-state index contributed by atoms with van der Waals surface area (Å²) < 4.78 is 0. The molecule has 0 atom stereocenters. The molecule has 0 saturated heterocycles. The number of hydrogen-bond acceptors (Lipinski definition) is 2. The third kappa shape index (κ3) is 5.59. The van der Waals surface area contributed by atoms with E-state index in [9.17, 15) is 9.59 Å². The maximum absolute atomic E-state index is 12.5. The van der Waals surface area contributed by atoms with Gasteiger partial charge in [0, 0.05) is 19.2 Å². The number of aromatic amines is 1. The summed E-state index contributed by atoms with van der Waals surface area (Å²) in [6.45, 7) is 10.1. The Morgan fingerprint density at radius 1 is 1.10 bits per heavy atom. The first kappa shape index (κ1) is 16.5. The van der Waals surface area contributed by atoms with E-state index in [4.69, 9.17) is 0 Å². The summed E-state index contributed by atoms with van der Waals surface area (Å²) in [6.07, 6.45) is 1.95. The lowest BCUT2D eigenvalue weighted by atomic mass is 10.1. The first-order valence-electron chi connectivity index (χ1n) is 7.38. The van der Waals surface area contributed by atoms with E-state index >= 15 is 0 Å². The van der Waals surface area contributed by atoms with Crippen molar-refractivity contribution < 1.29 is 4.79 Å². The van der Waals surface area contributed by atoms with Crippen molar-refractivity contribution in [3.8, 4) is 0 Å². The number of nitrogens with zero attached hydrogens (tertiary/aromatic N) is 1. The molecular weight excluding hydrogens is 252 g/mol. The summed E-state index contributed by atoms with van der Waals surface area (Å²) in [5.41, 5.74) is 0.147. The van der Waals surface area contributed by atoms with E-state index < -0.39 is 0 Å². The van der Waals surface area contributed by atoms with Crippen molar-refractivity contribution in [2.45, 2.75) is 40.5 Å². The third-order valence-electron chi connectivity index (χ3n) is 3.24. The SMILES string of the molecule is CC(C)CCN(CCC(C)C)C(=O)c1cccc(=O)[nH]1. The molecule has 0 unspecified atom stereocenters. The van der Waals surface area contributed by atoms with Crippen molar-refractivity contribution >= 4 is 5.91 Å². The van der Waals surface area contributed by atoms with Gasteiger partial charge in [0.2, 0.25) is 5.56 Å². The fraction of sp³-hybridized carbons (Fsp3) is 0.625. The summed E-state index contributed by atoms with van der Waals surface area (Å²) in [6, 6.07) is 4.71. The lowest BCUT2D eigenvalue weighted by Crippen LogP contribution is -2.35. The Morgan fingerprint density at radius 2 is 1.65 bits per heavy atom. The third-order valence-corrected chi connectivity index (χ3v) is 3.24. The van der Waals surface area contributed by atoms with E-state index in [-0.39, 0.29) is 11.5 Å². The molecule has 4 heteroatoms. The molecule has 0 aliphatic heterocycles. The Hall–Kier alpha value is -1.58. The largest absolute Gasteiger partial charge is 0.337 e. The molecule has 112 valence electrons. The molecule has 0 aliphatic rings. The van der Waals surface area contributed by atoms with Crippen LogP contribution in [-0.2, 0) is 0 Å². The predicted molar refractivity (Wildman–Crippen MR) is 81.9 cm³/mol. The average Bonchev–Trinajstić information content (AvgIpc) is 2.37. The zero-order valence-corrected chi connectivity index (χ0v) is 13.0. The van der Waals surface area contributed by atoms with Gasteiger partial charge in [0.1, 0.15) is 5.69 Å². The molecule has 1 aromatic heterocycles. The number of H-pyrrole nitrogens is 1. The number of hydrogen-bond donors (Lipinski definition) is 1. The summed E-state index contributed by atoms with van der Waals surface area (Å²) >= 11 is 0. The zero-order chi connectivity index (χ0) is 15.1. The highest BCUT2D eigenvalue weighted by Gasteiger charge is 2.17. The minimum Gasteiger partial charge on any atom is -0.337 e. The predicted octanol–water partition coefficient (Wildman–Crippen LogP) is 2.91. The topological polar surface area (TPSA) is 53.2 Å². The van der Waals surface area contributed by atoms with Gasteiger partial charge >= 0.3 is 0 Å². The van der Waals surface area contributed by atoms with Crippen LogP contribution < -0.4 is 5.56 Å². The molecule has 0 bridgehead atoms. The molecule has 0 fully saturated rings. The van der Waals surface area contributed by atoms with E-state index in [1.54, 1.807) is 12.1 Å². The summed E-state index contributed by atoms with van der Waals surface area (Å²) in [5.74, 6) is 1.03. The summed E-state index contributed by atoms with van der Waals surface area (Å²) in [4.78, 5) is 28.3. The number of aromatic nitrogens is 1. The molecular formula is C16H26N2O2. The van der Waals surface area contributed by atoms with Crippen LogP contribution in [0, 0.1) is 11.8 Å². The monoisotopic (exact) mass is 278 g/mol. The maximum atomic E-state index is 12.5. The van der Waals surface area contributed by atoms with Gasteiger partial charge < -0.3 is 9.88 Å². The highest BCUT2D eigenvalue weighted by atomic mass is 16.2. The van der Waals surface area contributed by atoms with Gasteiger partial charge in [-0.2, -0.15) is 0 Å². The van der Waals surface area contributed by atoms with Gasteiger partial charge in [-0.1, -0.05) is 33.8 Å². The van der Waals surface area contributed by atoms with Gasteiger partial charge in [-0.05, 0) is 30.7 Å². The molecule has 1 amide bonds. The van der Waals surface area contributed by atoms with Gasteiger partial charge in [0.05, 0.1) is 0 Å². The first-order chi connectivity index (χ1) is 9.40. The van der Waals surface area contributed by atoms with Gasteiger partial charge in [0.25, 0.3) is 5.91 Å². The Bertz CT molecular complexity index is 465. The minimum absolute atomic E-state index is 0.0796. The summed E-state index contributed by atoms with van der Waals surface area (Å²) in [5, 5.41) is 0. The lowest BCUT2D eigenvalue weighted by molar-refractivity contribution is 0.0734. The van der Waals surface area contributed by atoms with E-state index in [2.05, 4.69) is 32.7 Å². The van der Waals surface area contributed by atoms with Crippen molar-refractivity contribution in [1.82, 2.24) is 9.88 Å². The van der Waals surface area contributed by atoms with Crippen LogP contribution in [0.3, 0.4) is 0 Å². The summed E-state index contributed by atoms with van der Waals surface area (Å²) in [7, 11) is 0. The normalized spacial score (nSPS) is 11.1. The second-order valence-electron chi connectivity index (χ2n) is 6.09. The van der Waals surface area contributed by atoms with Crippen LogP contribution in [0.4, 0.5) is 0 Å². The molecule has 0 spiro atoms. The van der Waals surface area contributed by atoms with Crippen molar-refractivity contribution in [2.24, 2.45) is 11.8 Å². The second kappa shape index (κ2) is 7.88. The van der Waals surface area contributed by atoms with Crippen LogP contribution in [0.2, 0.25) is 0 Å². The second-order valence-corrected chi connectivity index (χ2v) is 6.09. The smallest absolute Gasteiger partial charge is 0.270 e. The first-order valence-corrected chi connectivity index (χ1v) is 7.38. The van der Waals surface area contributed by atoms with E-state index in [0.717, 1.165) is 25.9 Å². The van der Waals surface area contributed by atoms with Gasteiger partial charge in [-0.15, -0.1) is 0 Å². The van der Waals surface area contributed by atoms with Gasteiger partial charge in [-0.25, -0.2) is 0 Å². The van der Waals surface area contributed by atoms with Crippen molar-refractivity contribution in [2.75, 3.05) is 13.1 Å². The van der Waals surface area contributed by atoms with Crippen LogP contribution in [0.1, 0.15) is 51.0 Å². The van der Waals surface area contributed by atoms with E-state index in [1.807, 2.05) is 4.90 Å². The number of amides is 1. The standard InChI is InChI=1S/C16H26N2O2/c1-12(2)8-10-18(11-9-13(3)4)16(20)14-6-5-7-15(19)17-14/h5-7,12-13H,8-11H2,1-4H3,(H,17,19). The molecule has 1 N–H and O–H groups in total. The number of carbonyl (C=O) groups is 1. The van der Waals surface area contributed by atoms with Crippen LogP contribution >= 0.6 is 0 Å². The highest BCUT2D eigenvalue weighted by molar-refractivity contribution is 5.92. The maximum Gasteiger partial charge on any atom is 0.270 e. The molecule has 0 aromatic carbocycles. The fourth-order valence-corrected chi connectivity index (χ4v) is 1.89. The van der Waals surface area contributed by atoms with E-state index in [1.165, 1.54) is 6.07 Å². The molecule has 1 rings (SSSR count). The van der Waals surface area contributed by atoms with Gasteiger partial charge in [-0.3, -0.25) is 9.59 Å². The van der Waals surface area contributed by atoms with Crippen LogP contribution in [0.5, 0.6) is 0 Å². The minimum atomic E-state index is -0.233. The quantitative estimate of drug-likeness (QED) is 0.833. The Morgan fingerprint density at radius 3 is 2.10 bits per heavy atom. The molecule has 0 radical (unpaired) electrons. The molecule has 0 aliphatic carbocycles. The molecule has 1 heterocycles. The Kier molecular flexibility index (Phi) is 6.49. The lowest BCUT2D eigenvalue weighted by Gasteiger charge is -2.24. The van der Waals surface area contributed by atoms with Crippen molar-refractivity contribution in [1.29, 1.82) is 0 Å². The Balaban J connectivity index is 2.79. The number of carbonyl (C=O) groups excluding carboxylic acids is 1. The van der Waals surface area contributed by atoms with Crippen molar-refractivity contribution in [3.05, 3.63) is 34.2 Å². The molecule has 20 heavy (non-hydrogen) atoms. The van der Waals surface area contributed by atoms with E-state index in [0.29, 0.717) is 17.5 Å². The van der Waals surface area contributed by atoms with Crippen LogP contribution in [-0.4, -0.2) is 28.9 Å². The average molecular weight is 278 g/mol. The number of pyridine rings is 1. The molecule has 0 saturated carbocycles. The number of nitrogens with one attached hydrogen (secondary N) is 1. The zero-order valence-electron chi connectivity index (χ0n) is 13.0. The fourth-order valence-electron chi connectivity index (χ4n) is 1.89.